The van der Waals surface area contributed by atoms with E-state index in [4.69, 9.17) is 21.5 Å². The van der Waals surface area contributed by atoms with E-state index in [-0.39, 0.29) is 22.2 Å². The van der Waals surface area contributed by atoms with Crippen LogP contribution < -0.4 is 15.2 Å². The van der Waals surface area contributed by atoms with Crippen molar-refractivity contribution in [3.63, 3.8) is 0 Å². The molecule has 3 N–H and O–H groups in total. The molecule has 8 heteroatoms. The Morgan fingerprint density at radius 2 is 1.91 bits per heavy atom. The van der Waals surface area contributed by atoms with Crippen LogP contribution in [0.15, 0.2) is 41.3 Å². The first-order valence-corrected chi connectivity index (χ1v) is 8.35. The lowest BCUT2D eigenvalue weighted by molar-refractivity contribution is -0.114. The summed E-state index contributed by atoms with van der Waals surface area (Å²) < 4.78 is 29.6. The molecule has 23 heavy (non-hydrogen) atoms. The van der Waals surface area contributed by atoms with E-state index in [1.54, 1.807) is 13.0 Å². The molecule has 0 aliphatic heterocycles. The quantitative estimate of drug-likeness (QED) is 0.649. The second-order valence-electron chi connectivity index (χ2n) is 4.88. The van der Waals surface area contributed by atoms with Crippen molar-refractivity contribution in [3.05, 3.63) is 47.0 Å². The molecule has 0 radical (unpaired) electrons. The zero-order valence-corrected chi connectivity index (χ0v) is 14.0. The van der Waals surface area contributed by atoms with Crippen molar-refractivity contribution >= 4 is 39.0 Å². The SMILES string of the molecule is CC(=O)Nc1ccc(S(=O)(=O)Oc2ccc(C)c(Cl)c2)cc1N. The number of benzene rings is 2. The molecule has 122 valence electrons. The second kappa shape index (κ2) is 6.47. The Morgan fingerprint density at radius 3 is 2.48 bits per heavy atom. The Morgan fingerprint density at radius 1 is 1.22 bits per heavy atom. The molecule has 0 heterocycles. The van der Waals surface area contributed by atoms with Gasteiger partial charge >= 0.3 is 10.1 Å². The van der Waals surface area contributed by atoms with Gasteiger partial charge in [-0.1, -0.05) is 17.7 Å². The van der Waals surface area contributed by atoms with Crippen molar-refractivity contribution in [2.45, 2.75) is 18.7 Å². The van der Waals surface area contributed by atoms with Crippen LogP contribution in [-0.4, -0.2) is 14.3 Å². The maximum absolute atomic E-state index is 12.3. The number of aryl methyl sites for hydroxylation is 1. The molecule has 0 aliphatic rings. The van der Waals surface area contributed by atoms with Crippen LogP contribution in [0.1, 0.15) is 12.5 Å². The largest absolute Gasteiger partial charge is 0.397 e. The smallest absolute Gasteiger partial charge is 0.339 e. The standard InChI is InChI=1S/C15H15ClN2O4S/c1-9-3-4-11(7-13(9)16)22-23(20,21)12-5-6-15(14(17)8-12)18-10(2)19/h3-8H,17H2,1-2H3,(H,18,19). The van der Waals surface area contributed by atoms with Crippen LogP contribution in [0.4, 0.5) is 11.4 Å². The summed E-state index contributed by atoms with van der Waals surface area (Å²) in [5.74, 6) is -0.206. The summed E-state index contributed by atoms with van der Waals surface area (Å²) in [7, 11) is -4.06. The van der Waals surface area contributed by atoms with Gasteiger partial charge < -0.3 is 15.2 Å². The summed E-state index contributed by atoms with van der Waals surface area (Å²) in [4.78, 5) is 10.9. The molecule has 2 rings (SSSR count). The average Bonchev–Trinajstić information content (AvgIpc) is 2.44. The number of halogens is 1. The molecular formula is C15H15ClN2O4S. The fourth-order valence-electron chi connectivity index (χ4n) is 1.80. The lowest BCUT2D eigenvalue weighted by atomic mass is 10.2. The van der Waals surface area contributed by atoms with Crippen LogP contribution in [-0.2, 0) is 14.9 Å². The Hall–Kier alpha value is -2.25. The molecule has 0 fully saturated rings. The predicted octanol–water partition coefficient (Wildman–Crippen LogP) is 2.96. The van der Waals surface area contributed by atoms with E-state index >= 15 is 0 Å². The first-order chi connectivity index (χ1) is 10.7. The van der Waals surface area contributed by atoms with Crippen LogP contribution >= 0.6 is 11.6 Å². The number of amides is 1. The number of nitrogens with one attached hydrogen (secondary N) is 1. The Balaban J connectivity index is 2.30. The van der Waals surface area contributed by atoms with Gasteiger partial charge in [0.15, 0.2) is 0 Å². The van der Waals surface area contributed by atoms with Gasteiger partial charge in [0.25, 0.3) is 0 Å². The number of hydrogen-bond acceptors (Lipinski definition) is 5. The van der Waals surface area contributed by atoms with Gasteiger partial charge in [-0.05, 0) is 36.8 Å². The zero-order valence-electron chi connectivity index (χ0n) is 12.5. The lowest BCUT2D eigenvalue weighted by Crippen LogP contribution is -2.12. The van der Waals surface area contributed by atoms with Gasteiger partial charge in [0.2, 0.25) is 5.91 Å². The van der Waals surface area contributed by atoms with Crippen LogP contribution in [0, 0.1) is 6.92 Å². The van der Waals surface area contributed by atoms with Crippen LogP contribution in [0.2, 0.25) is 5.02 Å². The molecule has 0 saturated carbocycles. The number of hydrogen-bond donors (Lipinski definition) is 2. The molecule has 1 amide bonds. The van der Waals surface area contributed by atoms with E-state index in [9.17, 15) is 13.2 Å². The molecule has 0 spiro atoms. The summed E-state index contributed by atoms with van der Waals surface area (Å²) in [6.07, 6.45) is 0. The number of nitrogen functional groups attached to an aromatic ring is 1. The van der Waals surface area contributed by atoms with Crippen molar-refractivity contribution in [1.29, 1.82) is 0 Å². The van der Waals surface area contributed by atoms with Crippen molar-refractivity contribution in [2.75, 3.05) is 11.1 Å². The highest BCUT2D eigenvalue weighted by atomic mass is 35.5. The van der Waals surface area contributed by atoms with E-state index < -0.39 is 10.1 Å². The third-order valence-electron chi connectivity index (χ3n) is 2.97. The minimum atomic E-state index is -4.06. The van der Waals surface area contributed by atoms with Gasteiger partial charge in [0, 0.05) is 18.0 Å². The summed E-state index contributed by atoms with van der Waals surface area (Å²) >= 11 is 5.95. The number of nitrogens with two attached hydrogens (primary N) is 1. The minimum Gasteiger partial charge on any atom is -0.397 e. The monoisotopic (exact) mass is 354 g/mol. The highest BCUT2D eigenvalue weighted by Crippen LogP contribution is 2.27. The summed E-state index contributed by atoms with van der Waals surface area (Å²) in [5.41, 5.74) is 7.00. The highest BCUT2D eigenvalue weighted by Gasteiger charge is 2.18. The van der Waals surface area contributed by atoms with Gasteiger partial charge in [-0.15, -0.1) is 0 Å². The van der Waals surface area contributed by atoms with Crippen molar-refractivity contribution in [2.24, 2.45) is 0 Å². The zero-order chi connectivity index (χ0) is 17.2. The predicted molar refractivity (Wildman–Crippen MR) is 89.2 cm³/mol. The van der Waals surface area contributed by atoms with E-state index in [1.807, 2.05) is 0 Å². The van der Waals surface area contributed by atoms with Crippen LogP contribution in [0.25, 0.3) is 0 Å². The second-order valence-corrected chi connectivity index (χ2v) is 6.83. The van der Waals surface area contributed by atoms with Gasteiger partial charge in [-0.2, -0.15) is 8.42 Å². The van der Waals surface area contributed by atoms with Gasteiger partial charge in [0.1, 0.15) is 10.6 Å². The maximum atomic E-state index is 12.3. The normalized spacial score (nSPS) is 11.1. The molecule has 0 bridgehead atoms. The fourth-order valence-corrected chi connectivity index (χ4v) is 2.93. The molecule has 0 saturated heterocycles. The number of rotatable bonds is 4. The summed E-state index contributed by atoms with van der Waals surface area (Å²) in [5, 5.41) is 2.90. The van der Waals surface area contributed by atoms with Gasteiger partial charge in [-0.25, -0.2) is 0 Å². The Labute approximate surface area is 139 Å². The maximum Gasteiger partial charge on any atom is 0.339 e. The summed E-state index contributed by atoms with van der Waals surface area (Å²) in [6, 6.07) is 8.50. The molecule has 2 aromatic carbocycles. The van der Waals surface area contributed by atoms with Crippen LogP contribution in [0.5, 0.6) is 5.75 Å². The topological polar surface area (TPSA) is 98.5 Å². The van der Waals surface area contributed by atoms with Gasteiger partial charge in [0.05, 0.1) is 11.4 Å². The van der Waals surface area contributed by atoms with Crippen molar-refractivity contribution in [3.8, 4) is 5.75 Å². The third-order valence-corrected chi connectivity index (χ3v) is 4.62. The van der Waals surface area contributed by atoms with Crippen molar-refractivity contribution < 1.29 is 17.4 Å². The van der Waals surface area contributed by atoms with E-state index in [1.165, 1.54) is 37.3 Å². The fraction of sp³-hybridized carbons (Fsp3) is 0.133. The van der Waals surface area contributed by atoms with Gasteiger partial charge in [-0.3, -0.25) is 4.79 Å². The lowest BCUT2D eigenvalue weighted by Gasteiger charge is -2.11. The van der Waals surface area contributed by atoms with E-state index in [2.05, 4.69) is 5.32 Å². The number of carbonyl (C=O) groups excluding carboxylic acids is 1. The molecule has 6 nitrogen and oxygen atoms in total. The third kappa shape index (κ3) is 4.14. The first kappa shape index (κ1) is 17.1. The molecule has 2 aromatic rings. The number of carbonyl (C=O) groups is 1. The average molecular weight is 355 g/mol. The number of anilines is 2. The molecular weight excluding hydrogens is 340 g/mol. The van der Waals surface area contributed by atoms with E-state index in [0.29, 0.717) is 10.7 Å². The Bertz CT molecular complexity index is 866. The molecule has 0 unspecified atom stereocenters. The molecule has 0 aromatic heterocycles. The molecule has 0 atom stereocenters. The highest BCUT2D eigenvalue weighted by molar-refractivity contribution is 7.87. The summed E-state index contributed by atoms with van der Waals surface area (Å²) in [6.45, 7) is 3.12. The first-order valence-electron chi connectivity index (χ1n) is 6.57. The van der Waals surface area contributed by atoms with Crippen LogP contribution in [0.3, 0.4) is 0 Å². The molecule has 0 aliphatic carbocycles. The van der Waals surface area contributed by atoms with E-state index in [0.717, 1.165) is 5.56 Å². The minimum absolute atomic E-state index is 0.102. The Kier molecular flexibility index (Phi) is 4.82. The van der Waals surface area contributed by atoms with Crippen molar-refractivity contribution in [1.82, 2.24) is 0 Å².